The molecular weight excluding hydrogens is 296 g/mol. The van der Waals surface area contributed by atoms with Crippen LogP contribution in [0.1, 0.15) is 63.0 Å². The lowest BCUT2D eigenvalue weighted by molar-refractivity contribution is -0.122. The van der Waals surface area contributed by atoms with Gasteiger partial charge in [-0.05, 0) is 36.3 Å². The normalized spacial score (nSPS) is 16.4. The zero-order chi connectivity index (χ0) is 15.3. The number of carbonyl (C=O) groups is 1. The summed E-state index contributed by atoms with van der Waals surface area (Å²) < 4.78 is 0. The number of halogens is 1. The number of nitrogens with two attached hydrogens (primary N) is 1. The molecule has 1 amide bonds. The van der Waals surface area contributed by atoms with Crippen LogP contribution in [0.25, 0.3) is 0 Å². The van der Waals surface area contributed by atoms with Gasteiger partial charge in [-0.15, -0.1) is 12.4 Å². The fraction of sp³-hybridized carbons (Fsp3) is 0.611. The molecule has 0 saturated heterocycles. The molecule has 124 valence electrons. The molecular formula is C18H29ClN2O. The molecule has 0 bridgehead atoms. The molecule has 1 saturated carbocycles. The van der Waals surface area contributed by atoms with Gasteiger partial charge < -0.3 is 11.1 Å². The Hall–Kier alpha value is -1.06. The van der Waals surface area contributed by atoms with Gasteiger partial charge in [0.05, 0.1) is 5.54 Å². The lowest BCUT2D eigenvalue weighted by Crippen LogP contribution is -2.51. The van der Waals surface area contributed by atoms with Crippen molar-refractivity contribution in [1.82, 2.24) is 5.32 Å². The molecule has 1 aliphatic carbocycles. The van der Waals surface area contributed by atoms with Crippen molar-refractivity contribution in [3.63, 3.8) is 0 Å². The van der Waals surface area contributed by atoms with Crippen LogP contribution in [0.4, 0.5) is 0 Å². The molecule has 1 fully saturated rings. The number of hydrogen-bond acceptors (Lipinski definition) is 2. The lowest BCUT2D eigenvalue weighted by atomic mass is 9.97. The average molecular weight is 325 g/mol. The minimum atomic E-state index is -0.126. The molecule has 2 rings (SSSR count). The van der Waals surface area contributed by atoms with Gasteiger partial charge in [0.2, 0.25) is 5.91 Å². The smallest absolute Gasteiger partial charge is 0.220 e. The third-order valence-electron chi connectivity index (χ3n) is 4.64. The summed E-state index contributed by atoms with van der Waals surface area (Å²) in [5.74, 6) is 0.685. The molecule has 0 spiro atoms. The topological polar surface area (TPSA) is 55.1 Å². The number of carbonyl (C=O) groups excluding carboxylic acids is 1. The lowest BCUT2D eigenvalue weighted by Gasteiger charge is -2.28. The van der Waals surface area contributed by atoms with E-state index in [1.54, 1.807) is 0 Å². The van der Waals surface area contributed by atoms with Crippen molar-refractivity contribution in [2.45, 2.75) is 63.8 Å². The van der Waals surface area contributed by atoms with Crippen LogP contribution in [0.15, 0.2) is 24.3 Å². The predicted molar refractivity (Wildman–Crippen MR) is 94.5 cm³/mol. The van der Waals surface area contributed by atoms with Crippen LogP contribution in [0.3, 0.4) is 0 Å². The van der Waals surface area contributed by atoms with Crippen LogP contribution in [0.5, 0.6) is 0 Å². The van der Waals surface area contributed by atoms with Crippen LogP contribution >= 0.6 is 12.4 Å². The van der Waals surface area contributed by atoms with Gasteiger partial charge in [-0.2, -0.15) is 0 Å². The fourth-order valence-corrected chi connectivity index (χ4v) is 3.12. The van der Waals surface area contributed by atoms with Gasteiger partial charge in [-0.3, -0.25) is 4.79 Å². The number of nitrogens with one attached hydrogen (secondary N) is 1. The van der Waals surface area contributed by atoms with Crippen molar-refractivity contribution < 1.29 is 4.79 Å². The monoisotopic (exact) mass is 324 g/mol. The van der Waals surface area contributed by atoms with Gasteiger partial charge in [0.1, 0.15) is 0 Å². The van der Waals surface area contributed by atoms with Crippen molar-refractivity contribution in [1.29, 1.82) is 0 Å². The summed E-state index contributed by atoms with van der Waals surface area (Å²) in [6, 6.07) is 8.60. The van der Waals surface area contributed by atoms with E-state index in [0.717, 1.165) is 19.3 Å². The molecule has 1 aromatic carbocycles. The Morgan fingerprint density at radius 3 is 2.32 bits per heavy atom. The number of hydrogen-bond donors (Lipinski definition) is 2. The summed E-state index contributed by atoms with van der Waals surface area (Å²) in [6.07, 6.45) is 5.74. The highest BCUT2D eigenvalue weighted by Gasteiger charge is 2.33. The van der Waals surface area contributed by atoms with Crippen molar-refractivity contribution in [2.75, 3.05) is 6.54 Å². The first-order chi connectivity index (χ1) is 10.0. The summed E-state index contributed by atoms with van der Waals surface area (Å²) >= 11 is 0. The number of rotatable bonds is 6. The second-order valence-corrected chi connectivity index (χ2v) is 6.64. The second kappa shape index (κ2) is 8.54. The van der Waals surface area contributed by atoms with Crippen LogP contribution in [-0.4, -0.2) is 18.0 Å². The largest absolute Gasteiger partial charge is 0.349 e. The minimum Gasteiger partial charge on any atom is -0.349 e. The van der Waals surface area contributed by atoms with Crippen molar-refractivity contribution in [3.8, 4) is 0 Å². The maximum atomic E-state index is 12.1. The van der Waals surface area contributed by atoms with Gasteiger partial charge in [0, 0.05) is 13.0 Å². The third kappa shape index (κ3) is 4.99. The van der Waals surface area contributed by atoms with Crippen molar-refractivity contribution in [3.05, 3.63) is 35.4 Å². The number of benzene rings is 1. The van der Waals surface area contributed by atoms with E-state index in [1.807, 2.05) is 0 Å². The molecule has 3 N–H and O–H groups in total. The van der Waals surface area contributed by atoms with Crippen LogP contribution < -0.4 is 11.1 Å². The van der Waals surface area contributed by atoms with Crippen LogP contribution in [0, 0.1) is 0 Å². The van der Waals surface area contributed by atoms with E-state index in [9.17, 15) is 4.79 Å². The Morgan fingerprint density at radius 1 is 1.23 bits per heavy atom. The molecule has 22 heavy (non-hydrogen) atoms. The van der Waals surface area contributed by atoms with Crippen molar-refractivity contribution >= 4 is 18.3 Å². The zero-order valence-corrected chi connectivity index (χ0v) is 14.5. The molecule has 0 heterocycles. The summed E-state index contributed by atoms with van der Waals surface area (Å²) in [7, 11) is 0. The maximum Gasteiger partial charge on any atom is 0.220 e. The number of amides is 1. The molecule has 0 unspecified atom stereocenters. The minimum absolute atomic E-state index is 0. The quantitative estimate of drug-likeness (QED) is 0.840. The molecule has 0 aliphatic heterocycles. The van der Waals surface area contributed by atoms with E-state index in [1.165, 1.54) is 24.0 Å². The highest BCUT2D eigenvalue weighted by Crippen LogP contribution is 2.28. The first-order valence-electron chi connectivity index (χ1n) is 8.14. The average Bonchev–Trinajstić information content (AvgIpc) is 2.94. The van der Waals surface area contributed by atoms with Gasteiger partial charge >= 0.3 is 0 Å². The predicted octanol–water partition coefficient (Wildman–Crippen LogP) is 3.55. The van der Waals surface area contributed by atoms with E-state index in [0.29, 0.717) is 18.9 Å². The Labute approximate surface area is 140 Å². The zero-order valence-electron chi connectivity index (χ0n) is 13.7. The maximum absolute atomic E-state index is 12.1. The standard InChI is InChI=1S/C18H28N2O.ClH/c1-14(2)16-8-5-15(6-9-16)7-10-17(21)20-18(13-19)11-3-4-12-18;/h5-6,8-9,14H,3-4,7,10-13,19H2,1-2H3,(H,20,21);1H. The van der Waals surface area contributed by atoms with E-state index in [-0.39, 0.29) is 23.9 Å². The summed E-state index contributed by atoms with van der Waals surface area (Å²) in [6.45, 7) is 4.94. The summed E-state index contributed by atoms with van der Waals surface area (Å²) in [5, 5.41) is 3.18. The second-order valence-electron chi connectivity index (χ2n) is 6.64. The highest BCUT2D eigenvalue weighted by molar-refractivity contribution is 5.85. The molecule has 0 radical (unpaired) electrons. The molecule has 0 aromatic heterocycles. The highest BCUT2D eigenvalue weighted by atomic mass is 35.5. The van der Waals surface area contributed by atoms with Gasteiger partial charge in [0.15, 0.2) is 0 Å². The van der Waals surface area contributed by atoms with Crippen LogP contribution in [-0.2, 0) is 11.2 Å². The van der Waals surface area contributed by atoms with Crippen LogP contribution in [0.2, 0.25) is 0 Å². The Kier molecular flexibility index (Phi) is 7.37. The Bertz CT molecular complexity index is 464. The van der Waals surface area contributed by atoms with E-state index in [4.69, 9.17) is 5.73 Å². The van der Waals surface area contributed by atoms with E-state index >= 15 is 0 Å². The summed E-state index contributed by atoms with van der Waals surface area (Å²) in [4.78, 5) is 12.1. The van der Waals surface area contributed by atoms with E-state index in [2.05, 4.69) is 43.4 Å². The third-order valence-corrected chi connectivity index (χ3v) is 4.64. The van der Waals surface area contributed by atoms with Gasteiger partial charge in [0.25, 0.3) is 0 Å². The first-order valence-corrected chi connectivity index (χ1v) is 8.14. The van der Waals surface area contributed by atoms with E-state index < -0.39 is 0 Å². The first kappa shape index (κ1) is 19.0. The van der Waals surface area contributed by atoms with Crippen molar-refractivity contribution in [2.24, 2.45) is 5.73 Å². The SMILES string of the molecule is CC(C)c1ccc(CCC(=O)NC2(CN)CCCC2)cc1.Cl. The number of aryl methyl sites for hydroxylation is 1. The molecule has 4 heteroatoms. The molecule has 1 aliphatic rings. The fourth-order valence-electron chi connectivity index (χ4n) is 3.12. The summed E-state index contributed by atoms with van der Waals surface area (Å²) in [5.41, 5.74) is 8.30. The Balaban J connectivity index is 0.00000242. The molecule has 3 nitrogen and oxygen atoms in total. The van der Waals surface area contributed by atoms with Gasteiger partial charge in [-0.25, -0.2) is 0 Å². The molecule has 1 aromatic rings. The van der Waals surface area contributed by atoms with Gasteiger partial charge in [-0.1, -0.05) is 51.0 Å². The molecule has 0 atom stereocenters. The Morgan fingerprint density at radius 2 is 1.82 bits per heavy atom.